The van der Waals surface area contributed by atoms with Crippen molar-refractivity contribution in [3.8, 4) is 0 Å². The summed E-state index contributed by atoms with van der Waals surface area (Å²) in [6.07, 6.45) is 0.256. The van der Waals surface area contributed by atoms with Crippen LogP contribution in [0.25, 0.3) is 4.96 Å². The van der Waals surface area contributed by atoms with Crippen LogP contribution >= 0.6 is 11.3 Å². The number of hydrogen-bond acceptors (Lipinski definition) is 5. The molecule has 0 bridgehead atoms. The van der Waals surface area contributed by atoms with Crippen molar-refractivity contribution in [2.75, 3.05) is 0 Å². The van der Waals surface area contributed by atoms with Crippen molar-refractivity contribution in [2.24, 2.45) is 0 Å². The van der Waals surface area contributed by atoms with Crippen LogP contribution < -0.4 is 5.56 Å². The molecule has 2 aromatic heterocycles. The Bertz CT molecular complexity index is 585. The second-order valence-corrected chi connectivity index (χ2v) is 4.35. The van der Waals surface area contributed by atoms with E-state index in [9.17, 15) is 9.59 Å². The molecule has 6 heteroatoms. The number of ketones is 1. The van der Waals surface area contributed by atoms with E-state index >= 15 is 0 Å². The van der Waals surface area contributed by atoms with E-state index in [0.717, 1.165) is 0 Å². The number of hydrogen-bond donors (Lipinski definition) is 0. The summed E-state index contributed by atoms with van der Waals surface area (Å²) >= 11 is 1.27. The molecular formula is C9H9N3O2S. The van der Waals surface area contributed by atoms with E-state index < -0.39 is 0 Å². The molecule has 0 radical (unpaired) electrons. The van der Waals surface area contributed by atoms with Gasteiger partial charge in [-0.3, -0.25) is 9.59 Å². The summed E-state index contributed by atoms with van der Waals surface area (Å²) in [5, 5.41) is 4.66. The van der Waals surface area contributed by atoms with Crippen LogP contribution in [0.15, 0.2) is 10.9 Å². The van der Waals surface area contributed by atoms with Crippen molar-refractivity contribution in [1.82, 2.24) is 14.6 Å². The second-order valence-electron chi connectivity index (χ2n) is 3.30. The number of carbonyl (C=O) groups excluding carboxylic acids is 1. The van der Waals surface area contributed by atoms with E-state index in [1.807, 2.05) is 0 Å². The molecule has 0 spiro atoms. The largest absolute Gasteiger partial charge is 0.300 e. The van der Waals surface area contributed by atoms with Crippen molar-refractivity contribution in [2.45, 2.75) is 20.3 Å². The molecule has 0 saturated heterocycles. The Labute approximate surface area is 89.4 Å². The molecule has 0 aliphatic carbocycles. The van der Waals surface area contributed by atoms with Crippen LogP contribution in [0.2, 0.25) is 0 Å². The third kappa shape index (κ3) is 1.94. The predicted molar refractivity (Wildman–Crippen MR) is 56.3 cm³/mol. The maximum atomic E-state index is 11.5. The molecule has 0 amide bonds. The minimum atomic E-state index is -0.205. The van der Waals surface area contributed by atoms with Gasteiger partial charge in [-0.25, -0.2) is 4.98 Å². The van der Waals surface area contributed by atoms with Crippen LogP contribution in [-0.2, 0) is 11.2 Å². The fraction of sp³-hybridized carbons (Fsp3) is 0.333. The van der Waals surface area contributed by atoms with Gasteiger partial charge in [0.1, 0.15) is 10.8 Å². The summed E-state index contributed by atoms with van der Waals surface area (Å²) in [5.74, 6) is 0.0267. The normalized spacial score (nSPS) is 10.8. The minimum Gasteiger partial charge on any atom is -0.300 e. The molecule has 0 aliphatic heterocycles. The average Bonchev–Trinajstić information content (AvgIpc) is 2.45. The van der Waals surface area contributed by atoms with E-state index in [0.29, 0.717) is 15.7 Å². The summed E-state index contributed by atoms with van der Waals surface area (Å²) < 4.78 is 1.23. The number of Topliss-reactive ketones (excluding diaryl/α,β-unsaturated/α-hetero) is 1. The van der Waals surface area contributed by atoms with Crippen molar-refractivity contribution in [3.05, 3.63) is 27.1 Å². The predicted octanol–water partition coefficient (Wildman–Crippen LogP) is 0.591. The molecule has 15 heavy (non-hydrogen) atoms. The van der Waals surface area contributed by atoms with Crippen LogP contribution in [-0.4, -0.2) is 20.4 Å². The Morgan fingerprint density at radius 3 is 3.00 bits per heavy atom. The third-order valence-corrected chi connectivity index (χ3v) is 2.72. The molecule has 0 N–H and O–H groups in total. The molecule has 2 aromatic rings. The molecule has 0 fully saturated rings. The van der Waals surface area contributed by atoms with Crippen molar-refractivity contribution >= 4 is 22.1 Å². The van der Waals surface area contributed by atoms with Gasteiger partial charge in [0.15, 0.2) is 0 Å². The lowest BCUT2D eigenvalue weighted by atomic mass is 10.3. The van der Waals surface area contributed by atoms with Gasteiger partial charge < -0.3 is 0 Å². The number of carbonyl (C=O) groups is 1. The topological polar surface area (TPSA) is 64.3 Å². The fourth-order valence-corrected chi connectivity index (χ4v) is 2.26. The molecule has 0 aromatic carbocycles. The highest BCUT2D eigenvalue weighted by Gasteiger charge is 2.08. The third-order valence-electron chi connectivity index (χ3n) is 1.82. The first-order chi connectivity index (χ1) is 7.06. The molecule has 0 aliphatic rings. The van der Waals surface area contributed by atoms with Crippen molar-refractivity contribution in [3.63, 3.8) is 0 Å². The number of rotatable bonds is 2. The van der Waals surface area contributed by atoms with Crippen LogP contribution in [0.5, 0.6) is 0 Å². The lowest BCUT2D eigenvalue weighted by Gasteiger charge is -1.89. The van der Waals surface area contributed by atoms with E-state index in [1.54, 1.807) is 6.92 Å². The Hall–Kier alpha value is -1.56. The van der Waals surface area contributed by atoms with E-state index in [1.165, 1.54) is 28.8 Å². The molecule has 5 nitrogen and oxygen atoms in total. The molecule has 0 unspecified atom stereocenters. The summed E-state index contributed by atoms with van der Waals surface area (Å²) in [5.41, 5.74) is 0.460. The molecule has 0 atom stereocenters. The van der Waals surface area contributed by atoms with Gasteiger partial charge in [0.2, 0.25) is 4.96 Å². The van der Waals surface area contributed by atoms with Gasteiger partial charge >= 0.3 is 0 Å². The summed E-state index contributed by atoms with van der Waals surface area (Å²) in [6.45, 7) is 3.25. The Morgan fingerprint density at radius 2 is 2.33 bits per heavy atom. The Balaban J connectivity index is 2.60. The molecular weight excluding hydrogens is 214 g/mol. The van der Waals surface area contributed by atoms with E-state index in [4.69, 9.17) is 0 Å². The summed E-state index contributed by atoms with van der Waals surface area (Å²) in [4.78, 5) is 27.1. The first-order valence-electron chi connectivity index (χ1n) is 4.42. The quantitative estimate of drug-likeness (QED) is 0.747. The zero-order valence-electron chi connectivity index (χ0n) is 8.35. The maximum Gasteiger partial charge on any atom is 0.275 e. The lowest BCUT2D eigenvalue weighted by molar-refractivity contribution is -0.116. The van der Waals surface area contributed by atoms with Gasteiger partial charge in [0, 0.05) is 11.8 Å². The fourth-order valence-electron chi connectivity index (χ4n) is 1.24. The van der Waals surface area contributed by atoms with Gasteiger partial charge in [-0.1, -0.05) is 11.3 Å². The van der Waals surface area contributed by atoms with E-state index in [2.05, 4.69) is 10.1 Å². The van der Waals surface area contributed by atoms with Crippen molar-refractivity contribution < 1.29 is 4.79 Å². The van der Waals surface area contributed by atoms with Crippen LogP contribution in [0.1, 0.15) is 17.6 Å². The van der Waals surface area contributed by atoms with Crippen LogP contribution in [0.4, 0.5) is 0 Å². The first-order valence-corrected chi connectivity index (χ1v) is 5.24. The lowest BCUT2D eigenvalue weighted by Crippen LogP contribution is -2.14. The minimum absolute atomic E-state index is 0.0267. The van der Waals surface area contributed by atoms with Crippen molar-refractivity contribution in [1.29, 1.82) is 0 Å². The number of aryl methyl sites for hydroxylation is 1. The van der Waals surface area contributed by atoms with Gasteiger partial charge in [0.05, 0.1) is 6.42 Å². The van der Waals surface area contributed by atoms with E-state index in [-0.39, 0.29) is 17.8 Å². The zero-order valence-corrected chi connectivity index (χ0v) is 9.17. The number of nitrogens with zero attached hydrogens (tertiary/aromatic N) is 3. The first kappa shape index (κ1) is 9.97. The molecule has 2 heterocycles. The van der Waals surface area contributed by atoms with Gasteiger partial charge in [0.25, 0.3) is 5.56 Å². The summed E-state index contributed by atoms with van der Waals surface area (Å²) in [7, 11) is 0. The van der Waals surface area contributed by atoms with Gasteiger partial charge in [-0.2, -0.15) is 9.61 Å². The molecule has 2 rings (SSSR count). The van der Waals surface area contributed by atoms with Gasteiger partial charge in [-0.15, -0.1) is 0 Å². The Morgan fingerprint density at radius 1 is 1.60 bits per heavy atom. The Kier molecular flexibility index (Phi) is 2.36. The monoisotopic (exact) mass is 223 g/mol. The SMILES string of the molecule is CC(=O)Cc1nn2c(=O)cc(C)nc2s1. The van der Waals surface area contributed by atoms with Crippen LogP contribution in [0, 0.1) is 6.92 Å². The number of aromatic nitrogens is 3. The summed E-state index contributed by atoms with van der Waals surface area (Å²) in [6, 6.07) is 1.42. The smallest absolute Gasteiger partial charge is 0.275 e. The van der Waals surface area contributed by atoms with Crippen LogP contribution in [0.3, 0.4) is 0 Å². The van der Waals surface area contributed by atoms with Gasteiger partial charge in [-0.05, 0) is 13.8 Å². The molecule has 78 valence electrons. The molecule has 0 saturated carbocycles. The standard InChI is InChI=1S/C9H9N3O2S/c1-5-3-8(14)12-9(10-5)15-7(11-12)4-6(2)13/h3H,4H2,1-2H3. The number of fused-ring (bicyclic) bond motifs is 1. The maximum absolute atomic E-state index is 11.5. The second kappa shape index (κ2) is 3.54. The highest BCUT2D eigenvalue weighted by atomic mass is 32.1. The average molecular weight is 223 g/mol. The highest BCUT2D eigenvalue weighted by molar-refractivity contribution is 7.16. The highest BCUT2D eigenvalue weighted by Crippen LogP contribution is 2.11. The zero-order chi connectivity index (χ0) is 11.0.